The minimum Gasteiger partial charge on any atom is -0.116 e. The number of thioether (sulfide) groups is 6. The summed E-state index contributed by atoms with van der Waals surface area (Å²) in [5.74, 6) is 2.52. The number of rotatable bonds is 2. The molecule has 0 fully saturated rings. The molecule has 0 amide bonds. The Balaban J connectivity index is 1.76. The molecule has 0 aromatic heterocycles. The Morgan fingerprint density at radius 2 is 1.11 bits per heavy atom. The number of hydrogen-bond acceptors (Lipinski definition) is 6. The van der Waals surface area contributed by atoms with Crippen molar-refractivity contribution in [2.75, 3.05) is 22.2 Å². The van der Waals surface area contributed by atoms with Crippen LogP contribution < -0.4 is 0 Å². The van der Waals surface area contributed by atoms with Gasteiger partial charge in [-0.3, -0.25) is 0 Å². The molecule has 0 radical (unpaired) electrons. The van der Waals surface area contributed by atoms with Crippen molar-refractivity contribution in [2.24, 2.45) is 0 Å². The van der Waals surface area contributed by atoms with Crippen molar-refractivity contribution in [1.82, 2.24) is 0 Å². The van der Waals surface area contributed by atoms with Crippen molar-refractivity contribution in [2.45, 2.75) is 0 Å². The van der Waals surface area contributed by atoms with Gasteiger partial charge in [0, 0.05) is 32.0 Å². The van der Waals surface area contributed by atoms with Crippen molar-refractivity contribution in [3.63, 3.8) is 0 Å². The van der Waals surface area contributed by atoms with Gasteiger partial charge in [-0.25, -0.2) is 0 Å². The summed E-state index contributed by atoms with van der Waals surface area (Å²) in [7, 11) is 0. The van der Waals surface area contributed by atoms with Crippen molar-refractivity contribution >= 4 is 102 Å². The van der Waals surface area contributed by atoms with Gasteiger partial charge >= 0.3 is 0 Å². The molecule has 0 bridgehead atoms. The molecule has 3 rings (SSSR count). The number of alkyl halides is 2. The van der Waals surface area contributed by atoms with Crippen LogP contribution in [0.3, 0.4) is 0 Å². The van der Waals surface area contributed by atoms with Gasteiger partial charge in [-0.05, 0) is 0 Å². The molecule has 0 spiro atoms. The highest BCUT2D eigenvalue weighted by Gasteiger charge is 2.30. The Labute approximate surface area is 149 Å². The first-order valence-electron chi connectivity index (χ1n) is 5.11. The van der Waals surface area contributed by atoms with Gasteiger partial charge in [-0.2, -0.15) is 0 Å². The molecule has 3 aliphatic heterocycles. The molecule has 0 aromatic carbocycles. The minimum atomic E-state index is 0.967. The monoisotopic (exact) mass is 478 g/mol. The summed E-state index contributed by atoms with van der Waals surface area (Å²) in [5.41, 5.74) is 0. The normalized spacial score (nSPS) is 24.3. The third kappa shape index (κ3) is 3.20. The molecule has 0 saturated heterocycles. The third-order valence-corrected chi connectivity index (χ3v) is 13.1. The Hall–Kier alpha value is 2.28. The molecule has 0 saturated carbocycles. The molecule has 18 heavy (non-hydrogen) atoms. The predicted molar refractivity (Wildman–Crippen MR) is 104 cm³/mol. The summed E-state index contributed by atoms with van der Waals surface area (Å²) in [6.07, 6.45) is 0. The summed E-state index contributed by atoms with van der Waals surface area (Å²) in [4.78, 5) is 2.93. The van der Waals surface area contributed by atoms with Gasteiger partial charge in [0.1, 0.15) is 0 Å². The summed E-state index contributed by atoms with van der Waals surface area (Å²) in [6.45, 7) is 0. The lowest BCUT2D eigenvalue weighted by Gasteiger charge is -2.08. The van der Waals surface area contributed by atoms with Crippen molar-refractivity contribution in [3.05, 3.63) is 26.8 Å². The molecule has 3 aliphatic rings. The van der Waals surface area contributed by atoms with Crippen molar-refractivity contribution in [1.29, 1.82) is 0 Å². The zero-order valence-electron chi connectivity index (χ0n) is 9.03. The molecule has 98 valence electrons. The SMILES string of the molecule is BrCC1=C(CBr)SC(=C2SC3=C(SCCS3)S2)S1. The first kappa shape index (κ1) is 15.2. The van der Waals surface area contributed by atoms with Crippen LogP contribution in [0.1, 0.15) is 0 Å². The smallest absolute Gasteiger partial charge is 0.0717 e. The molecule has 0 N–H and O–H groups in total. The van der Waals surface area contributed by atoms with Gasteiger partial charge in [-0.15, -0.1) is 23.5 Å². The predicted octanol–water partition coefficient (Wildman–Crippen LogP) is 6.68. The van der Waals surface area contributed by atoms with Crippen molar-refractivity contribution < 1.29 is 0 Å². The molecular weight excluding hydrogens is 472 g/mol. The van der Waals surface area contributed by atoms with Crippen LogP contribution in [0.4, 0.5) is 0 Å². The number of allylic oxidation sites excluding steroid dienone is 2. The van der Waals surface area contributed by atoms with Gasteiger partial charge < -0.3 is 0 Å². The first-order valence-corrected chi connectivity index (χ1v) is 12.6. The second kappa shape index (κ2) is 7.03. The Morgan fingerprint density at radius 1 is 0.667 bits per heavy atom. The van der Waals surface area contributed by atoms with Crippen LogP contribution in [0.2, 0.25) is 0 Å². The fraction of sp³-hybridized carbons (Fsp3) is 0.400. The van der Waals surface area contributed by atoms with Crippen molar-refractivity contribution in [3.8, 4) is 0 Å². The van der Waals surface area contributed by atoms with Gasteiger partial charge in [0.2, 0.25) is 0 Å². The highest BCUT2D eigenvalue weighted by atomic mass is 79.9. The fourth-order valence-corrected chi connectivity index (χ4v) is 11.9. The van der Waals surface area contributed by atoms with E-state index < -0.39 is 0 Å². The summed E-state index contributed by atoms with van der Waals surface area (Å²) in [5, 5.41) is 1.93. The molecule has 0 aliphatic carbocycles. The van der Waals surface area contributed by atoms with E-state index in [-0.39, 0.29) is 0 Å². The van der Waals surface area contributed by atoms with Crippen LogP contribution >= 0.6 is 102 Å². The Kier molecular flexibility index (Phi) is 5.93. The maximum Gasteiger partial charge on any atom is 0.0717 e. The zero-order valence-corrected chi connectivity index (χ0v) is 17.1. The average Bonchev–Trinajstić information content (AvgIpc) is 3.01. The minimum absolute atomic E-state index is 0.967. The molecule has 8 heteroatoms. The summed E-state index contributed by atoms with van der Waals surface area (Å²) in [6, 6.07) is 0. The third-order valence-electron chi connectivity index (χ3n) is 2.24. The van der Waals surface area contributed by atoms with E-state index in [1.165, 1.54) is 38.3 Å². The highest BCUT2D eigenvalue weighted by Crippen LogP contribution is 2.64. The second-order valence-electron chi connectivity index (χ2n) is 3.37. The summed E-state index contributed by atoms with van der Waals surface area (Å²) >= 11 is 19.1. The molecule has 0 aromatic rings. The van der Waals surface area contributed by atoms with Crippen LogP contribution in [-0.4, -0.2) is 22.2 Å². The lowest BCUT2D eigenvalue weighted by Crippen LogP contribution is -1.88. The molecule has 0 unspecified atom stereocenters. The van der Waals surface area contributed by atoms with E-state index >= 15 is 0 Å². The van der Waals surface area contributed by atoms with Crippen LogP contribution in [0.5, 0.6) is 0 Å². The van der Waals surface area contributed by atoms with Gasteiger partial charge in [0.05, 0.1) is 16.9 Å². The maximum atomic E-state index is 3.59. The standard InChI is InChI=1S/C10H8Br2S6/c11-3-5-6(4-12)16-9(15-5)10-17-7-8(18-10)14-2-1-13-7/h1-4H2. The van der Waals surface area contributed by atoms with Crippen LogP contribution in [0.25, 0.3) is 0 Å². The summed E-state index contributed by atoms with van der Waals surface area (Å²) < 4.78 is 6.04. The Bertz CT molecular complexity index is 405. The maximum absolute atomic E-state index is 3.59. The quantitative estimate of drug-likeness (QED) is 0.402. The zero-order chi connectivity index (χ0) is 12.5. The van der Waals surface area contributed by atoms with Crippen LogP contribution in [0, 0.1) is 0 Å². The van der Waals surface area contributed by atoms with E-state index in [1.807, 2.05) is 70.6 Å². The van der Waals surface area contributed by atoms with E-state index in [0.717, 1.165) is 10.7 Å². The number of hydrogen-bond donors (Lipinski definition) is 0. The molecular formula is C10H8Br2S6. The second-order valence-corrected chi connectivity index (χ2v) is 12.0. The lowest BCUT2D eigenvalue weighted by atomic mass is 10.6. The molecule has 0 nitrogen and oxygen atoms in total. The van der Waals surface area contributed by atoms with E-state index in [4.69, 9.17) is 0 Å². The van der Waals surface area contributed by atoms with Gasteiger partial charge in [0.25, 0.3) is 0 Å². The van der Waals surface area contributed by atoms with E-state index in [2.05, 4.69) is 31.9 Å². The van der Waals surface area contributed by atoms with Crippen LogP contribution in [-0.2, 0) is 0 Å². The largest absolute Gasteiger partial charge is 0.116 e. The molecule has 0 atom stereocenters. The number of halogens is 2. The van der Waals surface area contributed by atoms with E-state index in [1.54, 1.807) is 0 Å². The average molecular weight is 480 g/mol. The topological polar surface area (TPSA) is 0 Å². The van der Waals surface area contributed by atoms with Gasteiger partial charge in [0.15, 0.2) is 0 Å². The Morgan fingerprint density at radius 3 is 1.56 bits per heavy atom. The van der Waals surface area contributed by atoms with E-state index in [0.29, 0.717) is 0 Å². The van der Waals surface area contributed by atoms with Gasteiger partial charge in [-0.1, -0.05) is 78.9 Å². The first-order chi connectivity index (χ1) is 8.81. The highest BCUT2D eigenvalue weighted by molar-refractivity contribution is 9.09. The van der Waals surface area contributed by atoms with E-state index in [9.17, 15) is 0 Å². The van der Waals surface area contributed by atoms with Crippen LogP contribution in [0.15, 0.2) is 26.8 Å². The molecule has 3 heterocycles. The lowest BCUT2D eigenvalue weighted by molar-refractivity contribution is 1.56. The fourth-order valence-electron chi connectivity index (χ4n) is 1.45.